The van der Waals surface area contributed by atoms with Crippen LogP contribution in [0.1, 0.15) is 41.3 Å². The van der Waals surface area contributed by atoms with Gasteiger partial charge in [-0.15, -0.1) is 24.0 Å². The van der Waals surface area contributed by atoms with Gasteiger partial charge < -0.3 is 15.5 Å². The molecule has 0 heterocycles. The van der Waals surface area contributed by atoms with E-state index < -0.39 is 11.6 Å². The second-order valence-corrected chi connectivity index (χ2v) is 7.04. The maximum atomic E-state index is 13.9. The van der Waals surface area contributed by atoms with E-state index in [2.05, 4.69) is 15.6 Å². The van der Waals surface area contributed by atoms with Crippen LogP contribution in [0.25, 0.3) is 0 Å². The van der Waals surface area contributed by atoms with E-state index in [4.69, 9.17) is 0 Å². The fourth-order valence-electron chi connectivity index (χ4n) is 2.78. The van der Waals surface area contributed by atoms with Gasteiger partial charge in [0.15, 0.2) is 5.96 Å². The van der Waals surface area contributed by atoms with E-state index in [1.807, 2.05) is 26.0 Å². The van der Waals surface area contributed by atoms with Gasteiger partial charge in [0.2, 0.25) is 0 Å². The van der Waals surface area contributed by atoms with E-state index in [1.54, 1.807) is 26.2 Å². The number of nitrogens with zero attached hydrogens (tertiary/aromatic N) is 2. The maximum absolute atomic E-state index is 13.9. The highest BCUT2D eigenvalue weighted by atomic mass is 127. The first kappa shape index (κ1) is 25.8. The Kier molecular flexibility index (Phi) is 10.7. The van der Waals surface area contributed by atoms with Crippen molar-refractivity contribution in [3.05, 3.63) is 70.8 Å². The molecule has 0 saturated carbocycles. The number of nitrogens with one attached hydrogen (secondary N) is 2. The van der Waals surface area contributed by atoms with Crippen LogP contribution in [-0.2, 0) is 6.54 Å². The minimum absolute atomic E-state index is 0. The predicted octanol–water partition coefficient (Wildman–Crippen LogP) is 4.14. The molecule has 1 unspecified atom stereocenters. The summed E-state index contributed by atoms with van der Waals surface area (Å²) in [6.07, 6.45) is 0. The molecule has 0 aromatic heterocycles. The molecule has 0 radical (unpaired) electrons. The Labute approximate surface area is 194 Å². The standard InChI is InChI=1S/C22H28F2N4O.HI/c1-5-25-22(26-13-15(2)19-11-10-18(23)12-20(19)24)27-14-16-6-8-17(9-7-16)21(29)28(3)4;/h6-12,15H,5,13-14H2,1-4H3,(H2,25,26,27);1H. The first-order valence-corrected chi connectivity index (χ1v) is 9.59. The van der Waals surface area contributed by atoms with Crippen LogP contribution in [0, 0.1) is 11.6 Å². The topological polar surface area (TPSA) is 56.7 Å². The normalized spacial score (nSPS) is 12.0. The maximum Gasteiger partial charge on any atom is 0.253 e. The van der Waals surface area contributed by atoms with Gasteiger partial charge in [0.05, 0.1) is 6.54 Å². The summed E-state index contributed by atoms with van der Waals surface area (Å²) in [5.74, 6) is -0.726. The Bertz CT molecular complexity index is 857. The fraction of sp³-hybridized carbons (Fsp3) is 0.364. The number of aliphatic imine (C=N–C) groups is 1. The van der Waals surface area contributed by atoms with Crippen LogP contribution in [0.4, 0.5) is 8.78 Å². The zero-order valence-electron chi connectivity index (χ0n) is 17.7. The van der Waals surface area contributed by atoms with Crippen LogP contribution in [0.3, 0.4) is 0 Å². The quantitative estimate of drug-likeness (QED) is 0.322. The fourth-order valence-corrected chi connectivity index (χ4v) is 2.78. The van der Waals surface area contributed by atoms with E-state index in [0.29, 0.717) is 36.7 Å². The van der Waals surface area contributed by atoms with E-state index in [9.17, 15) is 13.6 Å². The molecule has 2 rings (SSSR count). The molecule has 0 spiro atoms. The number of carbonyl (C=O) groups excluding carboxylic acids is 1. The van der Waals surface area contributed by atoms with Crippen molar-refractivity contribution in [1.29, 1.82) is 0 Å². The van der Waals surface area contributed by atoms with Crippen LogP contribution in [0.5, 0.6) is 0 Å². The number of halogens is 3. The molecule has 0 fully saturated rings. The first-order chi connectivity index (χ1) is 13.8. The van der Waals surface area contributed by atoms with E-state index in [-0.39, 0.29) is 35.8 Å². The molecule has 2 aromatic carbocycles. The van der Waals surface area contributed by atoms with Gasteiger partial charge in [-0.1, -0.05) is 25.1 Å². The molecule has 2 N–H and O–H groups in total. The summed E-state index contributed by atoms with van der Waals surface area (Å²) >= 11 is 0. The lowest BCUT2D eigenvalue weighted by Gasteiger charge is -2.17. The van der Waals surface area contributed by atoms with Crippen molar-refractivity contribution in [2.24, 2.45) is 4.99 Å². The summed E-state index contributed by atoms with van der Waals surface area (Å²) < 4.78 is 27.0. The van der Waals surface area contributed by atoms with Gasteiger partial charge in [0, 0.05) is 44.7 Å². The smallest absolute Gasteiger partial charge is 0.253 e. The molecule has 1 atom stereocenters. The van der Waals surface area contributed by atoms with Crippen LogP contribution < -0.4 is 10.6 Å². The molecule has 0 aliphatic heterocycles. The van der Waals surface area contributed by atoms with Crippen LogP contribution >= 0.6 is 24.0 Å². The Morgan fingerprint density at radius 3 is 2.33 bits per heavy atom. The highest BCUT2D eigenvalue weighted by Crippen LogP contribution is 2.19. The van der Waals surface area contributed by atoms with Crippen molar-refractivity contribution in [3.63, 3.8) is 0 Å². The van der Waals surface area contributed by atoms with Crippen molar-refractivity contribution in [1.82, 2.24) is 15.5 Å². The Balaban J connectivity index is 0.00000450. The van der Waals surface area contributed by atoms with Gasteiger partial charge in [-0.3, -0.25) is 4.79 Å². The molecule has 8 heteroatoms. The van der Waals surface area contributed by atoms with Gasteiger partial charge in [-0.25, -0.2) is 13.8 Å². The molecule has 5 nitrogen and oxygen atoms in total. The Morgan fingerprint density at radius 1 is 1.10 bits per heavy atom. The third-order valence-corrected chi connectivity index (χ3v) is 4.44. The van der Waals surface area contributed by atoms with Crippen molar-refractivity contribution in [3.8, 4) is 0 Å². The minimum atomic E-state index is -0.584. The zero-order chi connectivity index (χ0) is 21.4. The number of amides is 1. The van der Waals surface area contributed by atoms with Crippen molar-refractivity contribution in [2.75, 3.05) is 27.2 Å². The summed E-state index contributed by atoms with van der Waals surface area (Å²) in [6, 6.07) is 11.0. The molecule has 1 amide bonds. The Morgan fingerprint density at radius 2 is 1.77 bits per heavy atom. The van der Waals surface area contributed by atoms with Gasteiger partial charge in [0.25, 0.3) is 5.91 Å². The number of hydrogen-bond acceptors (Lipinski definition) is 2. The number of guanidine groups is 1. The molecule has 0 saturated heterocycles. The number of hydrogen-bond donors (Lipinski definition) is 2. The van der Waals surface area contributed by atoms with Gasteiger partial charge in [-0.05, 0) is 36.2 Å². The summed E-state index contributed by atoms with van der Waals surface area (Å²) in [6.45, 7) is 5.40. The van der Waals surface area contributed by atoms with Gasteiger partial charge in [0.1, 0.15) is 11.6 Å². The molecule has 0 aliphatic rings. The second kappa shape index (κ2) is 12.5. The largest absolute Gasteiger partial charge is 0.357 e. The lowest BCUT2D eigenvalue weighted by atomic mass is 10.0. The zero-order valence-corrected chi connectivity index (χ0v) is 20.0. The summed E-state index contributed by atoms with van der Waals surface area (Å²) in [7, 11) is 3.43. The monoisotopic (exact) mass is 530 g/mol. The average molecular weight is 530 g/mol. The van der Waals surface area contributed by atoms with Crippen LogP contribution in [0.2, 0.25) is 0 Å². The molecular weight excluding hydrogens is 501 g/mol. The number of benzene rings is 2. The van der Waals surface area contributed by atoms with E-state index in [1.165, 1.54) is 17.0 Å². The molecule has 2 aromatic rings. The lowest BCUT2D eigenvalue weighted by molar-refractivity contribution is 0.0827. The third kappa shape index (κ3) is 7.55. The van der Waals surface area contributed by atoms with Crippen molar-refractivity contribution >= 4 is 35.8 Å². The Hall–Kier alpha value is -2.23. The lowest BCUT2D eigenvalue weighted by Crippen LogP contribution is -2.39. The molecule has 0 aliphatic carbocycles. The van der Waals surface area contributed by atoms with Crippen molar-refractivity contribution < 1.29 is 13.6 Å². The molecule has 0 bridgehead atoms. The van der Waals surface area contributed by atoms with E-state index in [0.717, 1.165) is 11.6 Å². The molecule has 30 heavy (non-hydrogen) atoms. The third-order valence-electron chi connectivity index (χ3n) is 4.44. The number of rotatable bonds is 7. The summed E-state index contributed by atoms with van der Waals surface area (Å²) in [5, 5.41) is 6.35. The van der Waals surface area contributed by atoms with Gasteiger partial charge in [-0.2, -0.15) is 0 Å². The minimum Gasteiger partial charge on any atom is -0.357 e. The van der Waals surface area contributed by atoms with Gasteiger partial charge >= 0.3 is 0 Å². The molecule has 164 valence electrons. The van der Waals surface area contributed by atoms with Crippen LogP contribution in [-0.4, -0.2) is 44.0 Å². The average Bonchev–Trinajstić information content (AvgIpc) is 2.69. The van der Waals surface area contributed by atoms with Crippen molar-refractivity contribution in [2.45, 2.75) is 26.3 Å². The highest BCUT2D eigenvalue weighted by molar-refractivity contribution is 14.0. The highest BCUT2D eigenvalue weighted by Gasteiger charge is 2.12. The SMILES string of the molecule is CCNC(=NCc1ccc(C(=O)N(C)C)cc1)NCC(C)c1ccc(F)cc1F.I. The molecular formula is C22H29F2IN4O. The summed E-state index contributed by atoms with van der Waals surface area (Å²) in [5.41, 5.74) is 2.05. The van der Waals surface area contributed by atoms with E-state index >= 15 is 0 Å². The van der Waals surface area contributed by atoms with Crippen LogP contribution in [0.15, 0.2) is 47.5 Å². The number of carbonyl (C=O) groups is 1. The predicted molar refractivity (Wildman–Crippen MR) is 127 cm³/mol. The first-order valence-electron chi connectivity index (χ1n) is 9.59. The summed E-state index contributed by atoms with van der Waals surface area (Å²) in [4.78, 5) is 18.0. The second-order valence-electron chi connectivity index (χ2n) is 7.04.